The summed E-state index contributed by atoms with van der Waals surface area (Å²) in [6.45, 7) is 1.88. The van der Waals surface area contributed by atoms with Gasteiger partial charge in [0, 0.05) is 24.2 Å². The smallest absolute Gasteiger partial charge is 0.237 e. The summed E-state index contributed by atoms with van der Waals surface area (Å²) in [6, 6.07) is 7.56. The van der Waals surface area contributed by atoms with Gasteiger partial charge >= 0.3 is 0 Å². The molecule has 1 aromatic rings. The summed E-state index contributed by atoms with van der Waals surface area (Å²) in [7, 11) is 1.76. The fourth-order valence-corrected chi connectivity index (χ4v) is 2.56. The van der Waals surface area contributed by atoms with Crippen molar-refractivity contribution in [3.63, 3.8) is 0 Å². The molecule has 88 valence electrons. The van der Waals surface area contributed by atoms with E-state index in [1.54, 1.807) is 18.0 Å². The van der Waals surface area contributed by atoms with Crippen molar-refractivity contribution in [3.8, 4) is 6.07 Å². The third-order valence-corrected chi connectivity index (χ3v) is 3.66. The van der Waals surface area contributed by atoms with Crippen LogP contribution in [0.4, 0.5) is 5.69 Å². The molecule has 0 aliphatic carbocycles. The van der Waals surface area contributed by atoms with Crippen molar-refractivity contribution in [2.45, 2.75) is 25.2 Å². The number of hydrogen-bond donors (Lipinski definition) is 0. The van der Waals surface area contributed by atoms with Gasteiger partial charge in [-0.15, -0.1) is 0 Å². The fraction of sp³-hybridized carbons (Fsp3) is 0.385. The molecule has 0 aromatic heterocycles. The minimum Gasteiger partial charge on any atom is -0.314 e. The van der Waals surface area contributed by atoms with Gasteiger partial charge in [-0.25, -0.2) is 0 Å². The molecule has 17 heavy (non-hydrogen) atoms. The van der Waals surface area contributed by atoms with Crippen molar-refractivity contribution in [3.05, 3.63) is 28.8 Å². The number of nitriles is 1. The molecule has 0 fully saturated rings. The van der Waals surface area contributed by atoms with Gasteiger partial charge in [-0.2, -0.15) is 5.26 Å². The van der Waals surface area contributed by atoms with Crippen LogP contribution in [0.25, 0.3) is 0 Å². The molecule has 0 saturated heterocycles. The lowest BCUT2D eigenvalue weighted by atomic mass is 9.80. The van der Waals surface area contributed by atoms with Gasteiger partial charge < -0.3 is 4.90 Å². The number of nitrogens with zero attached hydrogens (tertiary/aromatic N) is 2. The van der Waals surface area contributed by atoms with E-state index in [9.17, 15) is 4.79 Å². The summed E-state index contributed by atoms with van der Waals surface area (Å²) in [5, 5.41) is 9.32. The van der Waals surface area contributed by atoms with Crippen LogP contribution in [0.3, 0.4) is 0 Å². The molecule has 1 amide bonds. The van der Waals surface area contributed by atoms with Crippen molar-refractivity contribution in [1.82, 2.24) is 0 Å². The number of carbonyl (C=O) groups is 1. The Bertz CT molecular complexity index is 521. The summed E-state index contributed by atoms with van der Waals surface area (Å²) >= 11 is 5.99. The summed E-state index contributed by atoms with van der Waals surface area (Å²) < 4.78 is 0. The van der Waals surface area contributed by atoms with Gasteiger partial charge in [0.15, 0.2) is 0 Å². The van der Waals surface area contributed by atoms with E-state index < -0.39 is 5.41 Å². The largest absolute Gasteiger partial charge is 0.314 e. The number of amides is 1. The van der Waals surface area contributed by atoms with Crippen LogP contribution in [0.15, 0.2) is 18.2 Å². The van der Waals surface area contributed by atoms with Gasteiger partial charge in [0.25, 0.3) is 0 Å². The molecule has 4 heteroatoms. The van der Waals surface area contributed by atoms with Crippen LogP contribution in [0.5, 0.6) is 0 Å². The summed E-state index contributed by atoms with van der Waals surface area (Å²) in [6.07, 6.45) is 0.891. The maximum Gasteiger partial charge on any atom is 0.237 e. The van der Waals surface area contributed by atoms with Crippen molar-refractivity contribution in [1.29, 1.82) is 5.26 Å². The highest BCUT2D eigenvalue weighted by molar-refractivity contribution is 6.31. The zero-order valence-electron chi connectivity index (χ0n) is 9.83. The molecule has 0 bridgehead atoms. The average molecular weight is 249 g/mol. The van der Waals surface area contributed by atoms with Gasteiger partial charge in [0.1, 0.15) is 0 Å². The number of carbonyl (C=O) groups excluding carboxylic acids is 1. The van der Waals surface area contributed by atoms with Gasteiger partial charge in [0.2, 0.25) is 5.91 Å². The van der Waals surface area contributed by atoms with Crippen LogP contribution in [0, 0.1) is 11.3 Å². The van der Waals surface area contributed by atoms with Crippen molar-refractivity contribution >= 4 is 23.2 Å². The fourth-order valence-electron chi connectivity index (χ4n) is 2.38. The highest BCUT2D eigenvalue weighted by Crippen LogP contribution is 2.44. The monoisotopic (exact) mass is 248 g/mol. The minimum atomic E-state index is -0.620. The third-order valence-electron chi connectivity index (χ3n) is 3.43. The average Bonchev–Trinajstić information content (AvgIpc) is 2.50. The second-order valence-electron chi connectivity index (χ2n) is 4.52. The van der Waals surface area contributed by atoms with E-state index in [0.717, 1.165) is 11.3 Å². The Morgan fingerprint density at radius 1 is 1.53 bits per heavy atom. The summed E-state index contributed by atoms with van der Waals surface area (Å²) in [5.41, 5.74) is 1.19. The number of halogens is 1. The standard InChI is InChI=1S/C13H13ClN2O/c1-13(6-3-7-15)10-8-9(14)4-5-11(10)16(2)12(13)17/h4-5,8H,3,6H2,1-2H3. The Labute approximate surface area is 106 Å². The van der Waals surface area contributed by atoms with Crippen molar-refractivity contribution < 1.29 is 4.79 Å². The normalized spacial score (nSPS) is 22.5. The maximum absolute atomic E-state index is 12.3. The first-order valence-electron chi connectivity index (χ1n) is 5.46. The first-order valence-corrected chi connectivity index (χ1v) is 5.83. The minimum absolute atomic E-state index is 0.0324. The van der Waals surface area contributed by atoms with E-state index >= 15 is 0 Å². The predicted octanol–water partition coefficient (Wildman–Crippen LogP) is 2.88. The van der Waals surface area contributed by atoms with Gasteiger partial charge in [-0.3, -0.25) is 4.79 Å². The van der Waals surface area contributed by atoms with E-state index in [-0.39, 0.29) is 5.91 Å². The zero-order valence-corrected chi connectivity index (χ0v) is 10.6. The van der Waals surface area contributed by atoms with Gasteiger partial charge in [0.05, 0.1) is 11.5 Å². The lowest BCUT2D eigenvalue weighted by molar-refractivity contribution is -0.122. The number of hydrogen-bond acceptors (Lipinski definition) is 2. The van der Waals surface area contributed by atoms with Crippen LogP contribution >= 0.6 is 11.6 Å². The van der Waals surface area contributed by atoms with E-state index in [2.05, 4.69) is 6.07 Å². The van der Waals surface area contributed by atoms with E-state index in [4.69, 9.17) is 16.9 Å². The van der Waals surface area contributed by atoms with Crippen LogP contribution in [0.1, 0.15) is 25.3 Å². The SMILES string of the molecule is CN1C(=O)C(C)(CCC#N)c2cc(Cl)ccc21. The molecule has 1 unspecified atom stereocenters. The molecule has 1 atom stereocenters. The van der Waals surface area contributed by atoms with E-state index in [1.165, 1.54) is 0 Å². The Kier molecular flexibility index (Phi) is 2.84. The lowest BCUT2D eigenvalue weighted by Crippen LogP contribution is -2.35. The molecule has 1 heterocycles. The third kappa shape index (κ3) is 1.69. The van der Waals surface area contributed by atoms with Gasteiger partial charge in [-0.05, 0) is 37.1 Å². The molecule has 0 saturated carbocycles. The van der Waals surface area contributed by atoms with Crippen molar-refractivity contribution in [2.24, 2.45) is 0 Å². The number of fused-ring (bicyclic) bond motifs is 1. The summed E-state index contributed by atoms with van der Waals surface area (Å²) in [4.78, 5) is 13.9. The quantitative estimate of drug-likeness (QED) is 0.808. The highest BCUT2D eigenvalue weighted by atomic mass is 35.5. The predicted molar refractivity (Wildman–Crippen MR) is 67.1 cm³/mol. The van der Waals surface area contributed by atoms with Crippen LogP contribution in [-0.4, -0.2) is 13.0 Å². The molecule has 1 aliphatic rings. The first kappa shape index (κ1) is 11.9. The molecular weight excluding hydrogens is 236 g/mol. The number of likely N-dealkylation sites (N-methyl/N-ethyl adjacent to an activating group) is 1. The van der Waals surface area contributed by atoms with Gasteiger partial charge in [-0.1, -0.05) is 11.6 Å². The number of anilines is 1. The molecule has 0 N–H and O–H groups in total. The van der Waals surface area contributed by atoms with Crippen LogP contribution in [0.2, 0.25) is 5.02 Å². The Morgan fingerprint density at radius 3 is 2.88 bits per heavy atom. The second kappa shape index (κ2) is 4.05. The molecule has 2 rings (SSSR count). The Hall–Kier alpha value is -1.53. The molecule has 0 spiro atoms. The maximum atomic E-state index is 12.3. The van der Waals surface area contributed by atoms with Crippen molar-refractivity contribution in [2.75, 3.05) is 11.9 Å². The Balaban J connectivity index is 2.53. The number of benzene rings is 1. The molecule has 3 nitrogen and oxygen atoms in total. The molecule has 0 radical (unpaired) electrons. The Morgan fingerprint density at radius 2 is 2.24 bits per heavy atom. The van der Waals surface area contributed by atoms with Crippen LogP contribution < -0.4 is 4.90 Å². The summed E-state index contributed by atoms with van der Waals surface area (Å²) in [5.74, 6) is 0.0324. The molecule has 1 aliphatic heterocycles. The van der Waals surface area contributed by atoms with Crippen LogP contribution in [-0.2, 0) is 10.2 Å². The highest BCUT2D eigenvalue weighted by Gasteiger charge is 2.45. The topological polar surface area (TPSA) is 44.1 Å². The lowest BCUT2D eigenvalue weighted by Gasteiger charge is -2.21. The zero-order chi connectivity index (χ0) is 12.6. The molecule has 1 aromatic carbocycles. The van der Waals surface area contributed by atoms with E-state index in [0.29, 0.717) is 17.9 Å². The number of rotatable bonds is 2. The molecular formula is C13H13ClN2O. The first-order chi connectivity index (χ1) is 8.00. The second-order valence-corrected chi connectivity index (χ2v) is 4.95. The van der Waals surface area contributed by atoms with E-state index in [1.807, 2.05) is 19.1 Å².